The average molecular weight is 324 g/mol. The SMILES string of the molecule is Cc1ccc(-c2csc(NC(=O)[C@H]3C[C@@H]4C=C[C@@H]3C4)n2)cc1C. The van der Waals surface area contributed by atoms with Gasteiger partial charge in [0.25, 0.3) is 0 Å². The maximum absolute atomic E-state index is 12.5. The van der Waals surface area contributed by atoms with Gasteiger partial charge in [-0.1, -0.05) is 24.3 Å². The summed E-state index contributed by atoms with van der Waals surface area (Å²) in [5.74, 6) is 1.29. The number of nitrogens with zero attached hydrogens (tertiary/aromatic N) is 1. The summed E-state index contributed by atoms with van der Waals surface area (Å²) in [5, 5.41) is 5.74. The minimum Gasteiger partial charge on any atom is -0.302 e. The molecule has 118 valence electrons. The third-order valence-electron chi connectivity index (χ3n) is 5.15. The molecular weight excluding hydrogens is 304 g/mol. The van der Waals surface area contributed by atoms with Crippen molar-refractivity contribution in [1.29, 1.82) is 0 Å². The molecule has 0 unspecified atom stereocenters. The molecule has 2 bridgehead atoms. The van der Waals surface area contributed by atoms with Crippen molar-refractivity contribution in [2.45, 2.75) is 26.7 Å². The van der Waals surface area contributed by atoms with Gasteiger partial charge in [0, 0.05) is 16.9 Å². The molecular formula is C19H20N2OS. The van der Waals surface area contributed by atoms with Gasteiger partial charge in [-0.05, 0) is 55.7 Å². The molecule has 0 radical (unpaired) electrons. The number of allylic oxidation sites excluding steroid dienone is 2. The normalized spacial score (nSPS) is 25.0. The summed E-state index contributed by atoms with van der Waals surface area (Å²) in [6.45, 7) is 4.21. The van der Waals surface area contributed by atoms with Gasteiger partial charge < -0.3 is 5.32 Å². The number of anilines is 1. The smallest absolute Gasteiger partial charge is 0.229 e. The largest absolute Gasteiger partial charge is 0.302 e. The molecule has 3 atom stereocenters. The fourth-order valence-corrected chi connectivity index (χ4v) is 4.37. The molecule has 3 nitrogen and oxygen atoms in total. The van der Waals surface area contributed by atoms with E-state index in [4.69, 9.17) is 0 Å². The summed E-state index contributed by atoms with van der Waals surface area (Å²) in [5.41, 5.74) is 4.57. The van der Waals surface area contributed by atoms with Crippen LogP contribution in [0.25, 0.3) is 11.3 Å². The van der Waals surface area contributed by atoms with Gasteiger partial charge in [-0.15, -0.1) is 11.3 Å². The van der Waals surface area contributed by atoms with Crippen LogP contribution in [0.15, 0.2) is 35.7 Å². The Bertz CT molecular complexity index is 792. The molecule has 23 heavy (non-hydrogen) atoms. The molecule has 1 aromatic carbocycles. The predicted molar refractivity (Wildman–Crippen MR) is 94.5 cm³/mol. The van der Waals surface area contributed by atoms with Gasteiger partial charge in [0.2, 0.25) is 5.91 Å². The van der Waals surface area contributed by atoms with Gasteiger partial charge in [-0.2, -0.15) is 0 Å². The quantitative estimate of drug-likeness (QED) is 0.840. The van der Waals surface area contributed by atoms with Crippen LogP contribution in [-0.4, -0.2) is 10.9 Å². The number of rotatable bonds is 3. The number of carbonyl (C=O) groups excluding carboxylic acids is 1. The van der Waals surface area contributed by atoms with Crippen LogP contribution in [0.4, 0.5) is 5.13 Å². The number of carbonyl (C=O) groups is 1. The number of aryl methyl sites for hydroxylation is 2. The lowest BCUT2D eigenvalue weighted by Gasteiger charge is -2.16. The fourth-order valence-electron chi connectivity index (χ4n) is 3.64. The van der Waals surface area contributed by atoms with Crippen LogP contribution in [0.1, 0.15) is 24.0 Å². The van der Waals surface area contributed by atoms with Crippen LogP contribution in [0.2, 0.25) is 0 Å². The zero-order chi connectivity index (χ0) is 16.0. The van der Waals surface area contributed by atoms with Crippen molar-refractivity contribution in [3.8, 4) is 11.3 Å². The fraction of sp³-hybridized carbons (Fsp3) is 0.368. The van der Waals surface area contributed by atoms with E-state index < -0.39 is 0 Å². The highest BCUT2D eigenvalue weighted by Crippen LogP contribution is 2.43. The van der Waals surface area contributed by atoms with Gasteiger partial charge in [0.1, 0.15) is 0 Å². The summed E-state index contributed by atoms with van der Waals surface area (Å²) in [4.78, 5) is 17.1. The third kappa shape index (κ3) is 2.72. The van der Waals surface area contributed by atoms with E-state index in [1.54, 1.807) is 0 Å². The minimum atomic E-state index is 0.124. The summed E-state index contributed by atoms with van der Waals surface area (Å²) in [6.07, 6.45) is 6.60. The lowest BCUT2D eigenvalue weighted by molar-refractivity contribution is -0.120. The topological polar surface area (TPSA) is 42.0 Å². The van der Waals surface area contributed by atoms with Crippen LogP contribution < -0.4 is 5.32 Å². The van der Waals surface area contributed by atoms with Crippen LogP contribution in [0.3, 0.4) is 0 Å². The van der Waals surface area contributed by atoms with E-state index in [2.05, 4.69) is 54.5 Å². The molecule has 1 saturated carbocycles. The minimum absolute atomic E-state index is 0.124. The van der Waals surface area contributed by atoms with Gasteiger partial charge in [0.05, 0.1) is 5.69 Å². The molecule has 1 aromatic heterocycles. The molecule has 2 aliphatic rings. The number of hydrogen-bond donors (Lipinski definition) is 1. The highest BCUT2D eigenvalue weighted by Gasteiger charge is 2.39. The Hall–Kier alpha value is -1.94. The molecule has 0 aliphatic heterocycles. The van der Waals surface area contributed by atoms with E-state index in [-0.39, 0.29) is 11.8 Å². The van der Waals surface area contributed by atoms with Gasteiger partial charge in [0.15, 0.2) is 5.13 Å². The Morgan fingerprint density at radius 3 is 2.78 bits per heavy atom. The van der Waals surface area contributed by atoms with Crippen molar-refractivity contribution in [1.82, 2.24) is 4.98 Å². The lowest BCUT2D eigenvalue weighted by Crippen LogP contribution is -2.25. The van der Waals surface area contributed by atoms with Crippen molar-refractivity contribution in [2.75, 3.05) is 5.32 Å². The summed E-state index contributed by atoms with van der Waals surface area (Å²) < 4.78 is 0. The number of fused-ring (bicyclic) bond motifs is 2. The molecule has 2 aromatic rings. The van der Waals surface area contributed by atoms with Crippen molar-refractivity contribution in [3.05, 3.63) is 46.9 Å². The van der Waals surface area contributed by atoms with Crippen LogP contribution in [-0.2, 0) is 4.79 Å². The van der Waals surface area contributed by atoms with Gasteiger partial charge >= 0.3 is 0 Å². The monoisotopic (exact) mass is 324 g/mol. The van der Waals surface area contributed by atoms with E-state index >= 15 is 0 Å². The highest BCUT2D eigenvalue weighted by atomic mass is 32.1. The first-order valence-corrected chi connectivity index (χ1v) is 9.00. The zero-order valence-corrected chi connectivity index (χ0v) is 14.2. The first-order chi connectivity index (χ1) is 11.1. The van der Waals surface area contributed by atoms with Crippen molar-refractivity contribution in [2.24, 2.45) is 17.8 Å². The average Bonchev–Trinajstić information content (AvgIpc) is 3.26. The standard InChI is InChI=1S/C19H20N2OS/c1-11-3-5-15(7-12(11)2)17-10-23-19(20-17)21-18(22)16-9-13-4-6-14(16)8-13/h3-7,10,13-14,16H,8-9H2,1-2H3,(H,20,21,22)/t13-,14-,16+/m1/s1. The van der Waals surface area contributed by atoms with E-state index in [0.29, 0.717) is 17.0 Å². The molecule has 1 amide bonds. The lowest BCUT2D eigenvalue weighted by atomic mass is 9.93. The van der Waals surface area contributed by atoms with Crippen molar-refractivity contribution < 1.29 is 4.79 Å². The van der Waals surface area contributed by atoms with Crippen LogP contribution >= 0.6 is 11.3 Å². The number of amides is 1. The second kappa shape index (κ2) is 5.60. The Morgan fingerprint density at radius 2 is 2.09 bits per heavy atom. The number of hydrogen-bond acceptors (Lipinski definition) is 3. The Labute approximate surface area is 140 Å². The third-order valence-corrected chi connectivity index (χ3v) is 5.91. The van der Waals surface area contributed by atoms with Crippen molar-refractivity contribution in [3.63, 3.8) is 0 Å². The Balaban J connectivity index is 1.48. The Kier molecular flexibility index (Phi) is 3.57. The molecule has 1 N–H and O–H groups in total. The molecule has 1 fully saturated rings. The molecule has 4 rings (SSSR count). The Morgan fingerprint density at radius 1 is 1.22 bits per heavy atom. The first-order valence-electron chi connectivity index (χ1n) is 8.12. The summed E-state index contributed by atoms with van der Waals surface area (Å²) in [6, 6.07) is 6.35. The summed E-state index contributed by atoms with van der Waals surface area (Å²) in [7, 11) is 0. The number of nitrogens with one attached hydrogen (secondary N) is 1. The first kappa shape index (κ1) is 14.6. The maximum Gasteiger partial charge on any atom is 0.229 e. The molecule has 2 aliphatic carbocycles. The van der Waals surface area contributed by atoms with E-state index in [1.807, 2.05) is 5.38 Å². The van der Waals surface area contributed by atoms with Gasteiger partial charge in [-0.25, -0.2) is 4.98 Å². The van der Waals surface area contributed by atoms with E-state index in [0.717, 1.165) is 24.1 Å². The number of aromatic nitrogens is 1. The maximum atomic E-state index is 12.5. The van der Waals surface area contributed by atoms with Crippen LogP contribution in [0, 0.1) is 31.6 Å². The second-order valence-electron chi connectivity index (χ2n) is 6.71. The summed E-state index contributed by atoms with van der Waals surface area (Å²) >= 11 is 1.50. The number of benzene rings is 1. The van der Waals surface area contributed by atoms with Crippen LogP contribution in [0.5, 0.6) is 0 Å². The molecule has 0 spiro atoms. The number of thiazole rings is 1. The highest BCUT2D eigenvalue weighted by molar-refractivity contribution is 7.14. The van der Waals surface area contributed by atoms with E-state index in [1.165, 1.54) is 22.5 Å². The molecule has 4 heteroatoms. The van der Waals surface area contributed by atoms with Gasteiger partial charge in [-0.3, -0.25) is 4.79 Å². The van der Waals surface area contributed by atoms with Crippen molar-refractivity contribution >= 4 is 22.4 Å². The molecule has 0 saturated heterocycles. The van der Waals surface area contributed by atoms with E-state index in [9.17, 15) is 4.79 Å². The molecule has 1 heterocycles. The zero-order valence-electron chi connectivity index (χ0n) is 13.4. The second-order valence-corrected chi connectivity index (χ2v) is 7.57. The predicted octanol–water partition coefficient (Wildman–Crippen LogP) is 4.58.